The van der Waals surface area contributed by atoms with Gasteiger partial charge in [0.2, 0.25) is 0 Å². The van der Waals surface area contributed by atoms with Crippen molar-refractivity contribution in [2.75, 3.05) is 0 Å². The number of hydrogen-bond donors (Lipinski definition) is 1. The van der Waals surface area contributed by atoms with Crippen LogP contribution in [0.4, 0.5) is 4.39 Å². The molecular formula is C16H15BrFN3. The predicted molar refractivity (Wildman–Crippen MR) is 85.5 cm³/mol. The molecule has 0 aliphatic heterocycles. The van der Waals surface area contributed by atoms with Gasteiger partial charge in [-0.2, -0.15) is 0 Å². The van der Waals surface area contributed by atoms with Crippen LogP contribution in [0.1, 0.15) is 24.1 Å². The van der Waals surface area contributed by atoms with Crippen LogP contribution in [0.2, 0.25) is 0 Å². The van der Waals surface area contributed by atoms with E-state index in [1.54, 1.807) is 12.4 Å². The Morgan fingerprint density at radius 3 is 2.71 bits per heavy atom. The van der Waals surface area contributed by atoms with Gasteiger partial charge in [0, 0.05) is 12.6 Å². The van der Waals surface area contributed by atoms with E-state index in [9.17, 15) is 4.39 Å². The van der Waals surface area contributed by atoms with Crippen molar-refractivity contribution in [2.24, 2.45) is 5.73 Å². The highest BCUT2D eigenvalue weighted by Gasteiger charge is 2.18. The molecule has 0 radical (unpaired) electrons. The summed E-state index contributed by atoms with van der Waals surface area (Å²) in [5, 5.41) is 0. The lowest BCUT2D eigenvalue weighted by Gasteiger charge is -2.11. The van der Waals surface area contributed by atoms with Crippen LogP contribution in [-0.4, -0.2) is 9.55 Å². The highest BCUT2D eigenvalue weighted by atomic mass is 79.9. The first-order chi connectivity index (χ1) is 10.1. The molecule has 1 aromatic heterocycles. The minimum Gasteiger partial charge on any atom is -0.324 e. The molecule has 0 bridgehead atoms. The topological polar surface area (TPSA) is 43.8 Å². The van der Waals surface area contributed by atoms with Gasteiger partial charge in [-0.1, -0.05) is 30.3 Å². The van der Waals surface area contributed by atoms with E-state index in [1.807, 2.05) is 41.8 Å². The van der Waals surface area contributed by atoms with E-state index in [0.717, 1.165) is 11.1 Å². The van der Waals surface area contributed by atoms with Crippen LogP contribution in [0.3, 0.4) is 0 Å². The molecule has 1 heterocycles. The summed E-state index contributed by atoms with van der Waals surface area (Å²) >= 11 is 3.27. The molecule has 1 unspecified atom stereocenters. The molecule has 0 fully saturated rings. The molecule has 108 valence electrons. The third-order valence-corrected chi connectivity index (χ3v) is 4.07. The number of aromatic nitrogens is 2. The largest absolute Gasteiger partial charge is 0.324 e. The van der Waals surface area contributed by atoms with Crippen molar-refractivity contribution in [1.29, 1.82) is 0 Å². The third kappa shape index (κ3) is 2.59. The summed E-state index contributed by atoms with van der Waals surface area (Å²) in [5.41, 5.74) is 9.02. The molecular weight excluding hydrogens is 333 g/mol. The molecule has 0 aliphatic rings. The van der Waals surface area contributed by atoms with Crippen LogP contribution >= 0.6 is 15.9 Å². The highest BCUT2D eigenvalue weighted by Crippen LogP contribution is 2.30. The van der Waals surface area contributed by atoms with Gasteiger partial charge in [-0.15, -0.1) is 0 Å². The maximum atomic E-state index is 14.5. The number of benzene rings is 2. The Balaban J connectivity index is 2.17. The van der Waals surface area contributed by atoms with Crippen molar-refractivity contribution >= 4 is 27.0 Å². The average Bonchev–Trinajstić information content (AvgIpc) is 2.87. The molecule has 2 N–H and O–H groups in total. The van der Waals surface area contributed by atoms with E-state index in [-0.39, 0.29) is 11.9 Å². The molecule has 5 heteroatoms. The lowest BCUT2D eigenvalue weighted by Crippen LogP contribution is -2.07. The van der Waals surface area contributed by atoms with Gasteiger partial charge in [-0.3, -0.25) is 0 Å². The van der Waals surface area contributed by atoms with Gasteiger partial charge in [0.15, 0.2) is 5.82 Å². The predicted octanol–water partition coefficient (Wildman–Crippen LogP) is 4.01. The standard InChI is InChI=1S/C16H15BrFN3/c1-10(19)12-7-13(17)14(18)16-15(12)20-9-21(16)8-11-5-3-2-4-6-11/h2-7,9-10H,8,19H2,1H3. The SMILES string of the molecule is CC(N)c1cc(Br)c(F)c2c1ncn2Cc1ccccc1. The van der Waals surface area contributed by atoms with Crippen LogP contribution < -0.4 is 5.73 Å². The van der Waals surface area contributed by atoms with Crippen molar-refractivity contribution in [3.63, 3.8) is 0 Å². The van der Waals surface area contributed by atoms with Gasteiger partial charge in [0.25, 0.3) is 0 Å². The maximum absolute atomic E-state index is 14.5. The minimum atomic E-state index is -0.303. The number of hydrogen-bond acceptors (Lipinski definition) is 2. The average molecular weight is 348 g/mol. The number of imidazole rings is 1. The Labute approximate surface area is 130 Å². The van der Waals surface area contributed by atoms with E-state index in [4.69, 9.17) is 5.73 Å². The quantitative estimate of drug-likeness (QED) is 0.777. The number of nitrogens with two attached hydrogens (primary N) is 1. The molecule has 3 rings (SSSR count). The van der Waals surface area contributed by atoms with Gasteiger partial charge in [0.1, 0.15) is 5.52 Å². The fourth-order valence-corrected chi connectivity index (χ4v) is 2.89. The highest BCUT2D eigenvalue weighted by molar-refractivity contribution is 9.10. The zero-order valence-corrected chi connectivity index (χ0v) is 13.1. The number of nitrogens with zero attached hydrogens (tertiary/aromatic N) is 2. The molecule has 2 aromatic carbocycles. The van der Waals surface area contributed by atoms with Crippen LogP contribution in [0.5, 0.6) is 0 Å². The molecule has 0 amide bonds. The Hall–Kier alpha value is -1.72. The smallest absolute Gasteiger partial charge is 0.163 e. The molecule has 0 saturated heterocycles. The second kappa shape index (κ2) is 5.58. The number of fused-ring (bicyclic) bond motifs is 1. The Kier molecular flexibility index (Phi) is 3.78. The fraction of sp³-hybridized carbons (Fsp3) is 0.188. The fourth-order valence-electron chi connectivity index (χ4n) is 2.45. The first kappa shape index (κ1) is 14.2. The van der Waals surface area contributed by atoms with Crippen molar-refractivity contribution in [3.05, 3.63) is 64.1 Å². The lowest BCUT2D eigenvalue weighted by molar-refractivity contribution is 0.621. The van der Waals surface area contributed by atoms with E-state index >= 15 is 0 Å². The summed E-state index contributed by atoms with van der Waals surface area (Å²) in [6.45, 7) is 2.44. The first-order valence-electron chi connectivity index (χ1n) is 6.70. The van der Waals surface area contributed by atoms with E-state index in [2.05, 4.69) is 20.9 Å². The summed E-state index contributed by atoms with van der Waals surface area (Å²) < 4.78 is 16.7. The van der Waals surface area contributed by atoms with Crippen molar-refractivity contribution in [2.45, 2.75) is 19.5 Å². The Morgan fingerprint density at radius 1 is 1.33 bits per heavy atom. The molecule has 0 saturated carbocycles. The second-order valence-electron chi connectivity index (χ2n) is 5.11. The molecule has 21 heavy (non-hydrogen) atoms. The summed E-state index contributed by atoms with van der Waals surface area (Å²) in [6, 6.07) is 11.4. The van der Waals surface area contributed by atoms with Gasteiger partial charge in [-0.05, 0) is 40.0 Å². The Morgan fingerprint density at radius 2 is 2.05 bits per heavy atom. The number of halogens is 2. The second-order valence-corrected chi connectivity index (χ2v) is 5.96. The monoisotopic (exact) mass is 347 g/mol. The van der Waals surface area contributed by atoms with Crippen LogP contribution in [-0.2, 0) is 6.54 Å². The molecule has 0 spiro atoms. The maximum Gasteiger partial charge on any atom is 0.163 e. The normalized spacial score (nSPS) is 12.8. The zero-order chi connectivity index (χ0) is 15.0. The summed E-state index contributed by atoms with van der Waals surface area (Å²) in [5.74, 6) is -0.303. The van der Waals surface area contributed by atoms with Crippen molar-refractivity contribution in [3.8, 4) is 0 Å². The molecule has 3 nitrogen and oxygen atoms in total. The van der Waals surface area contributed by atoms with E-state index < -0.39 is 0 Å². The zero-order valence-electron chi connectivity index (χ0n) is 11.6. The summed E-state index contributed by atoms with van der Waals surface area (Å²) in [7, 11) is 0. The van der Waals surface area contributed by atoms with Crippen LogP contribution in [0.15, 0.2) is 47.2 Å². The van der Waals surface area contributed by atoms with Gasteiger partial charge in [0.05, 0.1) is 16.3 Å². The van der Waals surface area contributed by atoms with Gasteiger partial charge >= 0.3 is 0 Å². The number of rotatable bonds is 3. The van der Waals surface area contributed by atoms with Crippen LogP contribution in [0.25, 0.3) is 11.0 Å². The van der Waals surface area contributed by atoms with Crippen molar-refractivity contribution < 1.29 is 4.39 Å². The molecule has 0 aliphatic carbocycles. The summed E-state index contributed by atoms with van der Waals surface area (Å²) in [4.78, 5) is 4.36. The molecule has 1 atom stereocenters. The minimum absolute atomic E-state index is 0.204. The molecule has 3 aromatic rings. The van der Waals surface area contributed by atoms with Gasteiger partial charge in [-0.25, -0.2) is 9.37 Å². The Bertz CT molecular complexity index is 781. The summed E-state index contributed by atoms with van der Waals surface area (Å²) in [6.07, 6.45) is 1.67. The van der Waals surface area contributed by atoms with E-state index in [0.29, 0.717) is 22.1 Å². The first-order valence-corrected chi connectivity index (χ1v) is 7.49. The van der Waals surface area contributed by atoms with E-state index in [1.165, 1.54) is 0 Å². The van der Waals surface area contributed by atoms with Crippen molar-refractivity contribution in [1.82, 2.24) is 9.55 Å². The third-order valence-electron chi connectivity index (χ3n) is 3.50. The van der Waals surface area contributed by atoms with Gasteiger partial charge < -0.3 is 10.3 Å². The lowest BCUT2D eigenvalue weighted by atomic mass is 10.1. The van der Waals surface area contributed by atoms with Crippen LogP contribution in [0, 0.1) is 5.82 Å².